The Bertz CT molecular complexity index is 3970. The van der Waals surface area contributed by atoms with E-state index < -0.39 is 48.3 Å². The fourth-order valence-electron chi connectivity index (χ4n) is 8.34. The first-order valence-electron chi connectivity index (χ1n) is 24.2. The van der Waals surface area contributed by atoms with Gasteiger partial charge in [0.1, 0.15) is 0 Å². The van der Waals surface area contributed by atoms with E-state index in [2.05, 4.69) is 66.7 Å². The van der Waals surface area contributed by atoms with E-state index in [1.807, 2.05) is 103 Å². The Morgan fingerprint density at radius 3 is 1.50 bits per heavy atom. The van der Waals surface area contributed by atoms with Gasteiger partial charge in [-0.1, -0.05) is 164 Å². The van der Waals surface area contributed by atoms with Crippen molar-refractivity contribution in [1.29, 1.82) is 0 Å². The van der Waals surface area contributed by atoms with Crippen LogP contribution in [-0.2, 0) is 0 Å². The van der Waals surface area contributed by atoms with Crippen molar-refractivity contribution in [2.75, 3.05) is 0 Å². The number of fused-ring (bicyclic) bond motifs is 6. The molecule has 290 valence electrons. The van der Waals surface area contributed by atoms with Gasteiger partial charge >= 0.3 is 0 Å². The number of thiophene rings is 1. The zero-order valence-corrected chi connectivity index (χ0v) is 33.7. The molecule has 0 aliphatic carbocycles. The molecule has 0 aliphatic heterocycles. The fraction of sp³-hybridized carbons (Fsp3) is 0. The Balaban J connectivity index is 1.20. The largest absolute Gasteiger partial charge is 0.308 e. The van der Waals surface area contributed by atoms with E-state index in [0.29, 0.717) is 22.9 Å². The van der Waals surface area contributed by atoms with Gasteiger partial charge < -0.3 is 4.57 Å². The predicted octanol–water partition coefficient (Wildman–Crippen LogP) is 15.3. The van der Waals surface area contributed by atoms with E-state index in [1.165, 1.54) is 0 Å². The minimum Gasteiger partial charge on any atom is -0.308 e. The predicted molar refractivity (Wildman–Crippen MR) is 260 cm³/mol. The van der Waals surface area contributed by atoms with Crippen molar-refractivity contribution in [3.8, 4) is 73.2 Å². The monoisotopic (exact) mass is 816 g/mol. The Hall–Kier alpha value is -7.99. The molecule has 12 aromatic rings. The molecule has 0 radical (unpaired) electrons. The summed E-state index contributed by atoms with van der Waals surface area (Å²) >= 11 is 1.68. The molecule has 3 heterocycles. The van der Waals surface area contributed by atoms with Crippen molar-refractivity contribution in [2.24, 2.45) is 0 Å². The highest BCUT2D eigenvalue weighted by atomic mass is 32.1. The molecule has 0 atom stereocenters. The van der Waals surface area contributed by atoms with Crippen molar-refractivity contribution in [3.63, 3.8) is 0 Å². The average Bonchev–Trinajstić information content (AvgIpc) is 3.98. The van der Waals surface area contributed by atoms with Crippen molar-refractivity contribution >= 4 is 53.3 Å². The van der Waals surface area contributed by atoms with Crippen LogP contribution in [0.1, 0.15) is 11.0 Å². The SMILES string of the molecule is [2H]c1c([2H])c([2H])c2c(c1[2H])c1c([2H])c([2H])c([2H])c([2H])c1n2-c1cc(-c2cc(-c3ccccc3)cc(-c3ccccc3)c2)ccc1-c1nc(-c2ccccc2)nc(-c2ccc3c(c2)sc2ccccc23)n1. The quantitative estimate of drug-likeness (QED) is 0.161. The van der Waals surface area contributed by atoms with Crippen molar-refractivity contribution in [1.82, 2.24) is 19.5 Å². The third kappa shape index (κ3) is 6.26. The van der Waals surface area contributed by atoms with Crippen LogP contribution in [0.25, 0.3) is 115 Å². The second kappa shape index (κ2) is 14.9. The van der Waals surface area contributed by atoms with E-state index >= 15 is 0 Å². The zero-order valence-electron chi connectivity index (χ0n) is 40.9. The summed E-state index contributed by atoms with van der Waals surface area (Å²) in [6, 6.07) is 52.6. The van der Waals surface area contributed by atoms with E-state index in [9.17, 15) is 5.48 Å². The molecule has 0 bridgehead atoms. The minimum atomic E-state index is -0.519. The van der Waals surface area contributed by atoms with Gasteiger partial charge in [-0.3, -0.25) is 0 Å². The third-order valence-electron chi connectivity index (χ3n) is 11.3. The average molecular weight is 817 g/mol. The van der Waals surface area contributed by atoms with Crippen molar-refractivity contribution < 1.29 is 11.0 Å². The molecule has 0 N–H and O–H groups in total. The van der Waals surface area contributed by atoms with E-state index in [4.69, 9.17) is 20.4 Å². The van der Waals surface area contributed by atoms with Gasteiger partial charge in [0, 0.05) is 47.6 Å². The molecule has 0 saturated heterocycles. The molecular weight excluding hydrogens is 773 g/mol. The van der Waals surface area contributed by atoms with Gasteiger partial charge in [-0.05, 0) is 87.9 Å². The molecule has 0 aliphatic rings. The van der Waals surface area contributed by atoms with E-state index in [1.54, 1.807) is 15.9 Å². The van der Waals surface area contributed by atoms with Gasteiger partial charge in [0.2, 0.25) is 0 Å². The van der Waals surface area contributed by atoms with Crippen molar-refractivity contribution in [2.45, 2.75) is 0 Å². The summed E-state index contributed by atoms with van der Waals surface area (Å²) in [6.07, 6.45) is 0. The second-order valence-corrected chi connectivity index (χ2v) is 16.1. The highest BCUT2D eigenvalue weighted by molar-refractivity contribution is 7.25. The summed E-state index contributed by atoms with van der Waals surface area (Å²) in [7, 11) is 0. The zero-order chi connectivity index (χ0) is 47.9. The Labute approximate surface area is 374 Å². The van der Waals surface area contributed by atoms with Gasteiger partial charge in [-0.2, -0.15) is 0 Å². The minimum absolute atomic E-state index is 0.0119. The molecule has 62 heavy (non-hydrogen) atoms. The molecule has 0 saturated carbocycles. The van der Waals surface area contributed by atoms with Crippen LogP contribution in [0.5, 0.6) is 0 Å². The first-order chi connectivity index (χ1) is 34.0. The number of aromatic nitrogens is 4. The number of nitrogens with zero attached hydrogens (tertiary/aromatic N) is 4. The molecular formula is C57H36N4S. The maximum Gasteiger partial charge on any atom is 0.166 e. The molecule has 0 spiro atoms. The van der Waals surface area contributed by atoms with Crippen LogP contribution in [0.4, 0.5) is 0 Å². The number of hydrogen-bond donors (Lipinski definition) is 0. The normalized spacial score (nSPS) is 13.4. The lowest BCUT2D eigenvalue weighted by Gasteiger charge is -2.17. The molecule has 4 nitrogen and oxygen atoms in total. The Kier molecular flexibility index (Phi) is 6.86. The standard InChI is InChI=1S/C57H36N4S/c1-4-16-37(17-5-1)42-32-43(38-18-6-2-7-19-38)34-44(33-42)40-28-31-49(52(35-40)61-50-25-13-10-22-45(50)46-23-11-14-26-51(46)61)57-59-55(39-20-8-3-9-21-39)58-56(60-57)41-29-30-48-47-24-12-15-27-53(47)62-54(48)36-41/h1-36H/i10D,11D,13D,14D,22D,23D,25D,26D. The number of hydrogen-bond acceptors (Lipinski definition) is 4. The summed E-state index contributed by atoms with van der Waals surface area (Å²) in [5.74, 6) is 1.02. The molecule has 0 unspecified atom stereocenters. The summed E-state index contributed by atoms with van der Waals surface area (Å²) in [4.78, 5) is 15.4. The topological polar surface area (TPSA) is 43.6 Å². The van der Waals surface area contributed by atoms with Gasteiger partial charge in [-0.15, -0.1) is 11.3 Å². The Morgan fingerprint density at radius 1 is 0.355 bits per heavy atom. The smallest absolute Gasteiger partial charge is 0.166 e. The van der Waals surface area contributed by atoms with Crippen molar-refractivity contribution in [3.05, 3.63) is 218 Å². The van der Waals surface area contributed by atoms with Crippen LogP contribution in [0.15, 0.2) is 218 Å². The van der Waals surface area contributed by atoms with Crippen LogP contribution in [0.3, 0.4) is 0 Å². The van der Waals surface area contributed by atoms with Crippen LogP contribution < -0.4 is 0 Å². The molecule has 0 fully saturated rings. The van der Waals surface area contributed by atoms with Gasteiger partial charge in [0.15, 0.2) is 17.5 Å². The van der Waals surface area contributed by atoms with Gasteiger partial charge in [0.25, 0.3) is 0 Å². The van der Waals surface area contributed by atoms with Crippen LogP contribution in [0.2, 0.25) is 0 Å². The van der Waals surface area contributed by atoms with E-state index in [-0.39, 0.29) is 27.6 Å². The first kappa shape index (κ1) is 28.5. The fourth-order valence-corrected chi connectivity index (χ4v) is 9.49. The molecule has 9 aromatic carbocycles. The lowest BCUT2D eigenvalue weighted by molar-refractivity contribution is 1.07. The number of rotatable bonds is 7. The summed E-state index contributed by atoms with van der Waals surface area (Å²) in [5, 5.41) is 2.22. The maximum atomic E-state index is 9.47. The summed E-state index contributed by atoms with van der Waals surface area (Å²) in [5.41, 5.74) is 7.71. The van der Waals surface area contributed by atoms with Crippen LogP contribution in [0, 0.1) is 0 Å². The van der Waals surface area contributed by atoms with Gasteiger partial charge in [0.05, 0.1) is 27.7 Å². The second-order valence-electron chi connectivity index (χ2n) is 15.0. The summed E-state index contributed by atoms with van der Waals surface area (Å²) < 4.78 is 76.5. The Morgan fingerprint density at radius 2 is 0.855 bits per heavy atom. The van der Waals surface area contributed by atoms with E-state index in [0.717, 1.165) is 64.7 Å². The lowest BCUT2D eigenvalue weighted by Crippen LogP contribution is -2.04. The highest BCUT2D eigenvalue weighted by Crippen LogP contribution is 2.41. The highest BCUT2D eigenvalue weighted by Gasteiger charge is 2.21. The first-order valence-corrected chi connectivity index (χ1v) is 21.0. The number of benzene rings is 9. The third-order valence-corrected chi connectivity index (χ3v) is 12.4. The molecule has 12 rings (SSSR count). The maximum absolute atomic E-state index is 9.47. The summed E-state index contributed by atoms with van der Waals surface area (Å²) in [6.45, 7) is 0. The lowest BCUT2D eigenvalue weighted by atomic mass is 9.92. The molecule has 0 amide bonds. The van der Waals surface area contributed by atoms with Gasteiger partial charge in [-0.25, -0.2) is 15.0 Å². The number of para-hydroxylation sites is 2. The van der Waals surface area contributed by atoms with Crippen LogP contribution in [-0.4, -0.2) is 19.5 Å². The molecule has 3 aromatic heterocycles. The molecule has 5 heteroatoms. The van der Waals surface area contributed by atoms with Crippen LogP contribution >= 0.6 is 11.3 Å².